The van der Waals surface area contributed by atoms with Crippen molar-refractivity contribution in [3.63, 3.8) is 0 Å². The van der Waals surface area contributed by atoms with Gasteiger partial charge >= 0.3 is 5.91 Å². The van der Waals surface area contributed by atoms with E-state index in [0.717, 1.165) is 0 Å². The Hall–Kier alpha value is -4.53. The van der Waals surface area contributed by atoms with Crippen LogP contribution in [-0.4, -0.2) is 40.0 Å². The van der Waals surface area contributed by atoms with E-state index < -0.39 is 17.7 Å². The highest BCUT2D eigenvalue weighted by atomic mass is 16.6. The second-order valence-corrected chi connectivity index (χ2v) is 8.05. The molecule has 9 heteroatoms. The van der Waals surface area contributed by atoms with Gasteiger partial charge in [0, 0.05) is 5.56 Å². The highest BCUT2D eigenvalue weighted by Gasteiger charge is 2.49. The minimum atomic E-state index is -1.01. The summed E-state index contributed by atoms with van der Waals surface area (Å²) < 4.78 is 17.0. The fourth-order valence-electron chi connectivity index (χ4n) is 4.32. The largest absolute Gasteiger partial charge is 0.507 e. The molecule has 1 amide bonds. The number of aryl methyl sites for hydroxylation is 1. The molecule has 0 bridgehead atoms. The van der Waals surface area contributed by atoms with E-state index in [1.165, 1.54) is 4.90 Å². The van der Waals surface area contributed by atoms with Crippen LogP contribution >= 0.6 is 0 Å². The van der Waals surface area contributed by atoms with Crippen LogP contribution in [0.2, 0.25) is 0 Å². The molecule has 4 heterocycles. The molecule has 1 fully saturated rings. The summed E-state index contributed by atoms with van der Waals surface area (Å²) in [5.74, 6) is 0.109. The van der Waals surface area contributed by atoms with Crippen LogP contribution in [0.25, 0.3) is 16.8 Å². The molecule has 0 saturated carbocycles. The lowest BCUT2D eigenvalue weighted by molar-refractivity contribution is -0.132. The number of furan rings is 1. The summed E-state index contributed by atoms with van der Waals surface area (Å²) in [4.78, 5) is 35.3. The van der Waals surface area contributed by atoms with Crippen molar-refractivity contribution in [2.45, 2.75) is 13.0 Å². The van der Waals surface area contributed by atoms with E-state index in [4.69, 9.17) is 13.9 Å². The predicted molar refractivity (Wildman–Crippen MR) is 122 cm³/mol. The van der Waals surface area contributed by atoms with E-state index in [2.05, 4.69) is 9.97 Å². The average molecular weight is 457 g/mol. The third-order valence-corrected chi connectivity index (χ3v) is 5.90. The van der Waals surface area contributed by atoms with Crippen molar-refractivity contribution in [2.75, 3.05) is 18.1 Å². The van der Waals surface area contributed by atoms with Crippen LogP contribution in [0.15, 0.2) is 64.6 Å². The number of Topliss-reactive ketones (excluding diaryl/α,β-unsaturated/α-hetero) is 1. The van der Waals surface area contributed by atoms with Gasteiger partial charge in [-0.25, -0.2) is 4.98 Å². The van der Waals surface area contributed by atoms with Crippen molar-refractivity contribution >= 4 is 34.4 Å². The highest BCUT2D eigenvalue weighted by Crippen LogP contribution is 2.43. The lowest BCUT2D eigenvalue weighted by Gasteiger charge is -2.21. The molecule has 2 aromatic carbocycles. The number of nitrogens with one attached hydrogen (secondary N) is 1. The Morgan fingerprint density at radius 3 is 2.62 bits per heavy atom. The number of rotatable bonds is 3. The van der Waals surface area contributed by atoms with Gasteiger partial charge in [0.05, 0.1) is 16.6 Å². The van der Waals surface area contributed by atoms with Crippen LogP contribution in [0.4, 0.5) is 5.95 Å². The number of carbonyl (C=O) groups excluding carboxylic acids is 2. The first-order valence-electron chi connectivity index (χ1n) is 10.7. The molecule has 2 N–H and O–H groups in total. The fourth-order valence-corrected chi connectivity index (χ4v) is 4.32. The minimum absolute atomic E-state index is 0.100. The molecule has 170 valence electrons. The normalized spacial score (nSPS) is 19.2. The number of fused-ring (bicyclic) bond motifs is 2. The van der Waals surface area contributed by atoms with Crippen LogP contribution in [0.1, 0.15) is 23.1 Å². The summed E-state index contributed by atoms with van der Waals surface area (Å²) in [5.41, 5.74) is 1.57. The van der Waals surface area contributed by atoms with E-state index in [1.54, 1.807) is 43.3 Å². The van der Waals surface area contributed by atoms with Crippen molar-refractivity contribution in [1.29, 1.82) is 0 Å². The van der Waals surface area contributed by atoms with Gasteiger partial charge in [-0.15, -0.1) is 0 Å². The molecule has 0 aliphatic carbocycles. The number of hydrogen-bond donors (Lipinski definition) is 2. The Kier molecular flexibility index (Phi) is 4.44. The number of aliphatic hydroxyl groups excluding tert-OH is 1. The molecule has 1 atom stereocenters. The van der Waals surface area contributed by atoms with Gasteiger partial charge in [-0.05, 0) is 49.4 Å². The Morgan fingerprint density at radius 1 is 1.06 bits per heavy atom. The smallest absolute Gasteiger partial charge is 0.302 e. The number of H-pyrrole nitrogens is 1. The number of benzene rings is 2. The first kappa shape index (κ1) is 20.1. The number of para-hydroxylation sites is 2. The van der Waals surface area contributed by atoms with E-state index >= 15 is 0 Å². The number of ketones is 1. The van der Waals surface area contributed by atoms with Crippen molar-refractivity contribution in [2.24, 2.45) is 0 Å². The van der Waals surface area contributed by atoms with Crippen molar-refractivity contribution in [3.05, 3.63) is 77.3 Å². The zero-order valence-electron chi connectivity index (χ0n) is 18.1. The fraction of sp³-hybridized carbons (Fsp3) is 0.160. The quantitative estimate of drug-likeness (QED) is 0.272. The topological polar surface area (TPSA) is 118 Å². The van der Waals surface area contributed by atoms with E-state index in [1.807, 2.05) is 18.2 Å². The average Bonchev–Trinajstić information content (AvgIpc) is 3.54. The number of amides is 1. The molecule has 6 rings (SSSR count). The van der Waals surface area contributed by atoms with Gasteiger partial charge < -0.3 is 24.0 Å². The first-order chi connectivity index (χ1) is 16.5. The van der Waals surface area contributed by atoms with Gasteiger partial charge in [0.1, 0.15) is 36.5 Å². The maximum atomic E-state index is 13.2. The van der Waals surface area contributed by atoms with Gasteiger partial charge in [-0.2, -0.15) is 0 Å². The zero-order valence-corrected chi connectivity index (χ0v) is 18.1. The standard InChI is InChI=1S/C25H19N3O6/c1-13-6-8-18(34-13)21-20(22(29)14-7-9-17-19(12-14)33-11-10-32-17)23(30)24(31)28(21)25-26-15-4-2-3-5-16(15)27-25/h2-9,12,21,29H,10-11H2,1H3,(H,26,27)/b22-20+. The Balaban J connectivity index is 1.53. The zero-order chi connectivity index (χ0) is 23.4. The van der Waals surface area contributed by atoms with Crippen LogP contribution in [0.5, 0.6) is 11.5 Å². The molecule has 0 spiro atoms. The third-order valence-electron chi connectivity index (χ3n) is 5.90. The number of ether oxygens (including phenoxy) is 2. The SMILES string of the molecule is Cc1ccc(C2/C(=C(\O)c3ccc4c(c3)OCCO4)C(=O)C(=O)N2c2nc3ccccc3[nH]2)o1. The number of anilines is 1. The number of imidazole rings is 1. The van der Waals surface area contributed by atoms with Crippen molar-refractivity contribution < 1.29 is 28.6 Å². The summed E-state index contributed by atoms with van der Waals surface area (Å²) >= 11 is 0. The molecule has 2 aliphatic heterocycles. The van der Waals surface area contributed by atoms with Crippen LogP contribution in [0, 0.1) is 6.92 Å². The number of carbonyl (C=O) groups is 2. The maximum Gasteiger partial charge on any atom is 0.302 e. The Labute approximate surface area is 193 Å². The van der Waals surface area contributed by atoms with E-state index in [0.29, 0.717) is 52.8 Å². The van der Waals surface area contributed by atoms with Gasteiger partial charge in [0.15, 0.2) is 11.5 Å². The molecule has 0 radical (unpaired) electrons. The molecule has 9 nitrogen and oxygen atoms in total. The third kappa shape index (κ3) is 3.05. The van der Waals surface area contributed by atoms with Crippen LogP contribution in [0.3, 0.4) is 0 Å². The molecule has 1 unspecified atom stereocenters. The molecule has 2 aromatic heterocycles. The van der Waals surface area contributed by atoms with Crippen LogP contribution in [-0.2, 0) is 9.59 Å². The summed E-state index contributed by atoms with van der Waals surface area (Å²) in [5, 5.41) is 11.3. The van der Waals surface area contributed by atoms with Gasteiger partial charge in [0.2, 0.25) is 5.95 Å². The van der Waals surface area contributed by atoms with Gasteiger partial charge in [0.25, 0.3) is 5.78 Å². The van der Waals surface area contributed by atoms with Crippen molar-refractivity contribution in [3.8, 4) is 11.5 Å². The number of hydrogen-bond acceptors (Lipinski definition) is 7. The Morgan fingerprint density at radius 2 is 1.85 bits per heavy atom. The number of nitrogens with zero attached hydrogens (tertiary/aromatic N) is 2. The van der Waals surface area contributed by atoms with Crippen molar-refractivity contribution in [1.82, 2.24) is 9.97 Å². The highest BCUT2D eigenvalue weighted by molar-refractivity contribution is 6.51. The van der Waals surface area contributed by atoms with Gasteiger partial charge in [-0.3, -0.25) is 14.5 Å². The van der Waals surface area contributed by atoms with Gasteiger partial charge in [-0.1, -0.05) is 12.1 Å². The lowest BCUT2D eigenvalue weighted by Crippen LogP contribution is -2.30. The van der Waals surface area contributed by atoms with E-state index in [9.17, 15) is 14.7 Å². The summed E-state index contributed by atoms with van der Waals surface area (Å²) in [7, 11) is 0. The molecule has 1 saturated heterocycles. The minimum Gasteiger partial charge on any atom is -0.507 e. The number of aliphatic hydroxyl groups is 1. The molecular weight excluding hydrogens is 438 g/mol. The first-order valence-corrected chi connectivity index (χ1v) is 10.7. The summed E-state index contributed by atoms with van der Waals surface area (Å²) in [6.07, 6.45) is 0. The molecule has 4 aromatic rings. The predicted octanol–water partition coefficient (Wildman–Crippen LogP) is 3.86. The molecule has 34 heavy (non-hydrogen) atoms. The lowest BCUT2D eigenvalue weighted by atomic mass is 9.99. The second-order valence-electron chi connectivity index (χ2n) is 8.05. The summed E-state index contributed by atoms with van der Waals surface area (Å²) in [6, 6.07) is 14.6. The Bertz CT molecular complexity index is 1460. The van der Waals surface area contributed by atoms with Crippen LogP contribution < -0.4 is 14.4 Å². The monoisotopic (exact) mass is 457 g/mol. The second kappa shape index (κ2) is 7.51. The number of aromatic nitrogens is 2. The summed E-state index contributed by atoms with van der Waals surface area (Å²) in [6.45, 7) is 2.57. The molecule has 2 aliphatic rings. The van der Waals surface area contributed by atoms with E-state index in [-0.39, 0.29) is 17.3 Å². The number of aromatic amines is 1. The maximum absolute atomic E-state index is 13.2. The molecular formula is C25H19N3O6.